The summed E-state index contributed by atoms with van der Waals surface area (Å²) in [6, 6.07) is 16.5. The third-order valence-electron chi connectivity index (χ3n) is 10.2. The Hall–Kier alpha value is -4.42. The summed E-state index contributed by atoms with van der Waals surface area (Å²) in [5, 5.41) is 21.1. The van der Waals surface area contributed by atoms with Gasteiger partial charge in [0.1, 0.15) is 6.61 Å². The van der Waals surface area contributed by atoms with Crippen molar-refractivity contribution in [3.8, 4) is 11.1 Å². The van der Waals surface area contributed by atoms with Gasteiger partial charge in [0, 0.05) is 49.5 Å². The number of carboxylic acids is 1. The first-order valence-electron chi connectivity index (χ1n) is 20.1. The molecule has 5 amide bonds. The van der Waals surface area contributed by atoms with Gasteiger partial charge in [0.25, 0.3) is 0 Å². The van der Waals surface area contributed by atoms with Crippen LogP contribution in [-0.4, -0.2) is 149 Å². The highest BCUT2D eigenvalue weighted by molar-refractivity contribution is 8.00. The van der Waals surface area contributed by atoms with Crippen molar-refractivity contribution in [1.29, 1.82) is 0 Å². The Morgan fingerprint density at radius 1 is 0.741 bits per heavy atom. The third kappa shape index (κ3) is 14.4. The Morgan fingerprint density at radius 3 is 2.05 bits per heavy atom. The number of thioether (sulfide) groups is 1. The van der Waals surface area contributed by atoms with Crippen LogP contribution in [0.2, 0.25) is 0 Å². The standard InChI is InChI=1S/C41H57N5O11S/c47-36(12-6-5-11-35-39-34(28-58-35)44-40(51)45-39)42-16-20-54-22-24-56-26-25-55-23-21-53-19-14-37(48)46(17-13-38(49)50)18-15-43-41(52)57-27-33-31-9-3-1-7-29(31)30-8-2-4-10-32(30)33/h1-4,7-10,33-35,39H,5-6,11-28H2,(H,42,47)(H,43,52)(H,49,50)(H2,44,45,51). The van der Waals surface area contributed by atoms with Crippen molar-refractivity contribution in [3.63, 3.8) is 0 Å². The molecule has 2 fully saturated rings. The summed E-state index contributed by atoms with van der Waals surface area (Å²) in [6.45, 7) is 3.52. The number of carboxylic acid groups (broad SMARTS) is 1. The predicted octanol–water partition coefficient (Wildman–Crippen LogP) is 3.13. The van der Waals surface area contributed by atoms with Gasteiger partial charge in [-0.2, -0.15) is 11.8 Å². The van der Waals surface area contributed by atoms with E-state index in [4.69, 9.17) is 28.8 Å². The molecule has 3 aliphatic rings. The molecule has 16 nitrogen and oxygen atoms in total. The fraction of sp³-hybridized carbons (Fsp3) is 0.585. The van der Waals surface area contributed by atoms with Crippen LogP contribution in [0.3, 0.4) is 0 Å². The second kappa shape index (κ2) is 24.5. The molecule has 0 radical (unpaired) electrons. The largest absolute Gasteiger partial charge is 0.481 e. The van der Waals surface area contributed by atoms with Gasteiger partial charge in [-0.15, -0.1) is 0 Å². The number of fused-ring (bicyclic) bond motifs is 4. The first-order valence-corrected chi connectivity index (χ1v) is 21.2. The maximum Gasteiger partial charge on any atom is 0.407 e. The van der Waals surface area contributed by atoms with Crippen molar-refractivity contribution in [3.05, 3.63) is 59.7 Å². The molecule has 5 N–H and O–H groups in total. The number of urea groups is 1. The molecule has 58 heavy (non-hydrogen) atoms. The third-order valence-corrected chi connectivity index (χ3v) is 11.7. The summed E-state index contributed by atoms with van der Waals surface area (Å²) in [6.07, 6.45) is 2.45. The molecule has 2 heterocycles. The highest BCUT2D eigenvalue weighted by Gasteiger charge is 2.42. The van der Waals surface area contributed by atoms with Gasteiger partial charge in [-0.05, 0) is 35.1 Å². The molecule has 3 atom stereocenters. The van der Waals surface area contributed by atoms with Crippen LogP contribution >= 0.6 is 11.8 Å². The van der Waals surface area contributed by atoms with Crippen molar-refractivity contribution < 1.29 is 52.8 Å². The van der Waals surface area contributed by atoms with E-state index in [-0.39, 0.29) is 88.1 Å². The fourth-order valence-corrected chi connectivity index (χ4v) is 8.78. The number of hydrogen-bond donors (Lipinski definition) is 5. The lowest BCUT2D eigenvalue weighted by molar-refractivity contribution is -0.138. The lowest BCUT2D eigenvalue weighted by atomic mass is 9.98. The van der Waals surface area contributed by atoms with Crippen molar-refractivity contribution in [2.45, 2.75) is 61.8 Å². The summed E-state index contributed by atoms with van der Waals surface area (Å²) in [5.41, 5.74) is 4.48. The molecular formula is C41H57N5O11S. The number of hydrogen-bond acceptors (Lipinski definition) is 11. The normalized spacial score (nSPS) is 17.8. The van der Waals surface area contributed by atoms with Crippen molar-refractivity contribution in [1.82, 2.24) is 26.2 Å². The number of nitrogens with one attached hydrogen (secondary N) is 4. The van der Waals surface area contributed by atoms with Crippen LogP contribution in [0.25, 0.3) is 11.1 Å². The molecule has 0 bridgehead atoms. The van der Waals surface area contributed by atoms with Gasteiger partial charge >= 0.3 is 18.1 Å². The molecule has 1 aliphatic carbocycles. The topological polar surface area (TPSA) is 203 Å². The minimum Gasteiger partial charge on any atom is -0.481 e. The van der Waals surface area contributed by atoms with Gasteiger partial charge in [0.15, 0.2) is 0 Å². The lowest BCUT2D eigenvalue weighted by Crippen LogP contribution is -2.40. The van der Waals surface area contributed by atoms with Gasteiger partial charge in [-0.1, -0.05) is 55.0 Å². The molecule has 2 aliphatic heterocycles. The van der Waals surface area contributed by atoms with Crippen molar-refractivity contribution in [2.24, 2.45) is 0 Å². The number of aliphatic carboxylic acids is 1. The summed E-state index contributed by atoms with van der Waals surface area (Å²) in [5.74, 6) is -0.428. The first kappa shape index (κ1) is 44.7. The molecule has 318 valence electrons. The van der Waals surface area contributed by atoms with Gasteiger partial charge in [-0.25, -0.2) is 9.59 Å². The predicted molar refractivity (Wildman–Crippen MR) is 217 cm³/mol. The summed E-state index contributed by atoms with van der Waals surface area (Å²) in [7, 11) is 0. The quantitative estimate of drug-likeness (QED) is 0.0621. The lowest BCUT2D eigenvalue weighted by Gasteiger charge is -2.22. The Bertz CT molecular complexity index is 1610. The number of benzene rings is 2. The second-order valence-corrected chi connectivity index (χ2v) is 15.5. The van der Waals surface area contributed by atoms with E-state index in [9.17, 15) is 24.0 Å². The SMILES string of the molecule is O=C(O)CCN(CCNC(=O)OCC1c2ccccc2-c2ccccc21)C(=O)CCOCCOCCOCCOCCNC(=O)CCCCC1SCC2NC(=O)NC21. The maximum absolute atomic E-state index is 12.9. The van der Waals surface area contributed by atoms with E-state index >= 15 is 0 Å². The summed E-state index contributed by atoms with van der Waals surface area (Å²) in [4.78, 5) is 61.6. The van der Waals surface area contributed by atoms with Crippen LogP contribution in [0, 0.1) is 0 Å². The zero-order valence-corrected chi connectivity index (χ0v) is 33.8. The number of unbranched alkanes of at least 4 members (excludes halogenated alkanes) is 1. The van der Waals surface area contributed by atoms with Gasteiger partial charge < -0.3 is 55.0 Å². The van der Waals surface area contributed by atoms with E-state index in [1.807, 2.05) is 48.2 Å². The smallest absolute Gasteiger partial charge is 0.407 e. The van der Waals surface area contributed by atoms with Gasteiger partial charge in [-0.3, -0.25) is 14.4 Å². The first-order chi connectivity index (χ1) is 28.3. The molecule has 3 unspecified atom stereocenters. The molecular weight excluding hydrogens is 771 g/mol. The zero-order valence-electron chi connectivity index (χ0n) is 33.0. The minimum atomic E-state index is -1.02. The van der Waals surface area contributed by atoms with Crippen molar-refractivity contribution >= 4 is 41.7 Å². The Kier molecular flexibility index (Phi) is 18.9. The average molecular weight is 828 g/mol. The Labute approximate surface area is 343 Å². The van der Waals surface area contributed by atoms with E-state index in [1.54, 1.807) is 0 Å². The van der Waals surface area contributed by atoms with E-state index in [0.29, 0.717) is 57.9 Å². The molecule has 2 aromatic carbocycles. The van der Waals surface area contributed by atoms with Crippen LogP contribution in [0.5, 0.6) is 0 Å². The number of ether oxygens (including phenoxy) is 5. The van der Waals surface area contributed by atoms with E-state index in [0.717, 1.165) is 47.3 Å². The van der Waals surface area contributed by atoms with E-state index < -0.39 is 12.1 Å². The van der Waals surface area contributed by atoms with Gasteiger partial charge in [0.2, 0.25) is 11.8 Å². The summed E-state index contributed by atoms with van der Waals surface area (Å²) < 4.78 is 27.6. The van der Waals surface area contributed by atoms with Crippen LogP contribution in [0.1, 0.15) is 55.6 Å². The highest BCUT2D eigenvalue weighted by Crippen LogP contribution is 2.44. The van der Waals surface area contributed by atoms with Crippen LogP contribution < -0.4 is 21.3 Å². The van der Waals surface area contributed by atoms with E-state index in [2.05, 4.69) is 33.4 Å². The molecule has 5 rings (SSSR count). The molecule has 2 saturated heterocycles. The molecule has 0 saturated carbocycles. The number of rotatable bonds is 28. The minimum absolute atomic E-state index is 0.00927. The second-order valence-electron chi connectivity index (χ2n) is 14.2. The van der Waals surface area contributed by atoms with Crippen LogP contribution in [-0.2, 0) is 38.1 Å². The fourth-order valence-electron chi connectivity index (χ4n) is 7.24. The van der Waals surface area contributed by atoms with Crippen LogP contribution in [0.15, 0.2) is 48.5 Å². The Balaban J connectivity index is 0.812. The number of carbonyl (C=O) groups is 5. The number of carbonyl (C=O) groups excluding carboxylic acids is 4. The zero-order chi connectivity index (χ0) is 41.0. The maximum atomic E-state index is 12.9. The molecule has 17 heteroatoms. The highest BCUT2D eigenvalue weighted by atomic mass is 32.2. The average Bonchev–Trinajstić information content (AvgIpc) is 3.88. The molecule has 2 aromatic rings. The summed E-state index contributed by atoms with van der Waals surface area (Å²) >= 11 is 1.88. The van der Waals surface area contributed by atoms with Gasteiger partial charge in [0.05, 0.1) is 77.8 Å². The number of alkyl carbamates (subject to hydrolysis) is 1. The van der Waals surface area contributed by atoms with Crippen molar-refractivity contribution in [2.75, 3.05) is 91.4 Å². The monoisotopic (exact) mass is 827 g/mol. The van der Waals surface area contributed by atoms with Crippen LogP contribution in [0.4, 0.5) is 9.59 Å². The number of amides is 5. The Morgan fingerprint density at radius 2 is 1.38 bits per heavy atom. The van der Waals surface area contributed by atoms with E-state index in [1.165, 1.54) is 4.90 Å². The molecule has 0 aromatic heterocycles. The molecule has 0 spiro atoms. The number of nitrogens with zero attached hydrogens (tertiary/aromatic N) is 1.